The van der Waals surface area contributed by atoms with E-state index in [0.717, 1.165) is 6.04 Å². The molecular formula is C12H19ClO2Si. The lowest BCUT2D eigenvalue weighted by Gasteiger charge is -2.27. The van der Waals surface area contributed by atoms with Gasteiger partial charge in [-0.3, -0.25) is 0 Å². The Morgan fingerprint density at radius 2 is 1.75 bits per heavy atom. The van der Waals surface area contributed by atoms with Crippen LogP contribution in [-0.2, 0) is 8.85 Å². The molecule has 0 fully saturated rings. The van der Waals surface area contributed by atoms with Crippen molar-refractivity contribution in [1.82, 2.24) is 0 Å². The molecule has 0 unspecified atom stereocenters. The number of hydrogen-bond acceptors (Lipinski definition) is 2. The van der Waals surface area contributed by atoms with Gasteiger partial charge in [0.15, 0.2) is 0 Å². The van der Waals surface area contributed by atoms with Gasteiger partial charge in [0.1, 0.15) is 0 Å². The Balaban J connectivity index is 2.77. The molecule has 1 aromatic carbocycles. The summed E-state index contributed by atoms with van der Waals surface area (Å²) >= 11 is 6.03. The molecule has 0 aliphatic rings. The van der Waals surface area contributed by atoms with Gasteiger partial charge < -0.3 is 8.85 Å². The first kappa shape index (κ1) is 13.7. The number of benzene rings is 1. The third-order valence-corrected chi connectivity index (χ3v) is 6.27. The Labute approximate surface area is 104 Å². The molecule has 1 aromatic rings. The lowest BCUT2D eigenvalue weighted by Crippen LogP contribution is -2.38. The second-order valence-corrected chi connectivity index (χ2v) is 7.81. The fourth-order valence-electron chi connectivity index (χ4n) is 1.68. The molecule has 0 N–H and O–H groups in total. The molecule has 0 aromatic heterocycles. The smallest absolute Gasteiger partial charge is 0.335 e. The Kier molecular flexibility index (Phi) is 5.48. The van der Waals surface area contributed by atoms with Crippen LogP contribution in [0.1, 0.15) is 11.5 Å². The molecule has 2 nitrogen and oxygen atoms in total. The van der Waals surface area contributed by atoms with Gasteiger partial charge in [0.25, 0.3) is 0 Å². The number of hydrogen-bond donors (Lipinski definition) is 0. The zero-order chi connectivity index (χ0) is 12.0. The van der Waals surface area contributed by atoms with Crippen molar-refractivity contribution in [2.45, 2.75) is 18.5 Å². The molecule has 0 bridgehead atoms. The van der Waals surface area contributed by atoms with Crippen LogP contribution < -0.4 is 0 Å². The molecule has 0 spiro atoms. The van der Waals surface area contributed by atoms with E-state index in [2.05, 4.69) is 18.7 Å². The van der Waals surface area contributed by atoms with Crippen LogP contribution in [0, 0.1) is 0 Å². The zero-order valence-corrected chi connectivity index (χ0v) is 11.8. The Morgan fingerprint density at radius 1 is 1.19 bits per heavy atom. The molecule has 16 heavy (non-hydrogen) atoms. The summed E-state index contributed by atoms with van der Waals surface area (Å²) in [6.07, 6.45) is 0. The van der Waals surface area contributed by atoms with Crippen LogP contribution in [0.15, 0.2) is 30.3 Å². The summed E-state index contributed by atoms with van der Waals surface area (Å²) in [6.45, 7) is 2.06. The minimum absolute atomic E-state index is 0.305. The highest BCUT2D eigenvalue weighted by atomic mass is 35.5. The average molecular weight is 259 g/mol. The van der Waals surface area contributed by atoms with E-state index >= 15 is 0 Å². The predicted molar refractivity (Wildman–Crippen MR) is 70.3 cm³/mol. The molecular weight excluding hydrogens is 240 g/mol. The normalized spacial score (nSPS) is 13.8. The van der Waals surface area contributed by atoms with Crippen molar-refractivity contribution in [3.63, 3.8) is 0 Å². The van der Waals surface area contributed by atoms with Crippen molar-refractivity contribution in [3.05, 3.63) is 35.9 Å². The zero-order valence-electron chi connectivity index (χ0n) is 10.1. The van der Waals surface area contributed by atoms with Gasteiger partial charge in [0.2, 0.25) is 0 Å². The maximum atomic E-state index is 6.03. The number of halogens is 1. The van der Waals surface area contributed by atoms with Gasteiger partial charge in [0.05, 0.1) is 0 Å². The summed E-state index contributed by atoms with van der Waals surface area (Å²) in [5.74, 6) is 0.902. The fourth-order valence-corrected chi connectivity index (χ4v) is 3.93. The van der Waals surface area contributed by atoms with Crippen LogP contribution in [0.2, 0.25) is 12.6 Å². The number of rotatable bonds is 6. The Hall–Kier alpha value is -0.353. The van der Waals surface area contributed by atoms with Gasteiger partial charge in [-0.2, -0.15) is 0 Å². The Morgan fingerprint density at radius 3 is 2.19 bits per heavy atom. The van der Waals surface area contributed by atoms with Gasteiger partial charge in [-0.1, -0.05) is 30.3 Å². The Bertz CT molecular complexity index is 301. The van der Waals surface area contributed by atoms with Gasteiger partial charge >= 0.3 is 8.56 Å². The van der Waals surface area contributed by atoms with Gasteiger partial charge in [-0.05, 0) is 24.1 Å². The summed E-state index contributed by atoms with van der Waals surface area (Å²) in [5.41, 5.74) is 1.25. The van der Waals surface area contributed by atoms with E-state index in [0.29, 0.717) is 11.8 Å². The SMILES string of the molecule is CO[Si](C)(C[C@@H](CCl)c1ccccc1)OC. The molecule has 0 aliphatic heterocycles. The minimum Gasteiger partial charge on any atom is -0.398 e. The second kappa shape index (κ2) is 6.40. The minimum atomic E-state index is -2.05. The second-order valence-electron chi connectivity index (χ2n) is 4.01. The van der Waals surface area contributed by atoms with Crippen molar-refractivity contribution in [2.24, 2.45) is 0 Å². The lowest BCUT2D eigenvalue weighted by molar-refractivity contribution is 0.247. The third-order valence-electron chi connectivity index (χ3n) is 2.94. The molecule has 0 aliphatic carbocycles. The quantitative estimate of drug-likeness (QED) is 0.575. The van der Waals surface area contributed by atoms with Crippen LogP contribution in [0.25, 0.3) is 0 Å². The van der Waals surface area contributed by atoms with Gasteiger partial charge in [-0.25, -0.2) is 0 Å². The maximum Gasteiger partial charge on any atom is 0.335 e. The molecule has 90 valence electrons. The van der Waals surface area contributed by atoms with Crippen molar-refractivity contribution in [1.29, 1.82) is 0 Å². The van der Waals surface area contributed by atoms with Crippen LogP contribution in [-0.4, -0.2) is 28.7 Å². The number of alkyl halides is 1. The van der Waals surface area contributed by atoms with E-state index in [1.165, 1.54) is 5.56 Å². The highest BCUT2D eigenvalue weighted by Gasteiger charge is 2.32. The summed E-state index contributed by atoms with van der Waals surface area (Å²) in [4.78, 5) is 0. The first-order valence-electron chi connectivity index (χ1n) is 5.36. The third kappa shape index (κ3) is 3.59. The highest BCUT2D eigenvalue weighted by Crippen LogP contribution is 2.28. The van der Waals surface area contributed by atoms with E-state index in [4.69, 9.17) is 20.5 Å². The van der Waals surface area contributed by atoms with E-state index in [9.17, 15) is 0 Å². The first-order valence-corrected chi connectivity index (χ1v) is 8.42. The summed E-state index contributed by atoms with van der Waals surface area (Å²) in [7, 11) is 1.38. The van der Waals surface area contributed by atoms with Crippen LogP contribution in [0.3, 0.4) is 0 Å². The topological polar surface area (TPSA) is 18.5 Å². The van der Waals surface area contributed by atoms with Crippen LogP contribution in [0.4, 0.5) is 0 Å². The molecule has 0 radical (unpaired) electrons. The standard InChI is InChI=1S/C12H19ClO2Si/c1-14-16(3,15-2)10-12(9-13)11-7-5-4-6-8-11/h4-8,12H,9-10H2,1-3H3/t12-/m1/s1. The largest absolute Gasteiger partial charge is 0.398 e. The summed E-state index contributed by atoms with van der Waals surface area (Å²) in [5, 5.41) is 0. The monoisotopic (exact) mass is 258 g/mol. The summed E-state index contributed by atoms with van der Waals surface area (Å²) in [6, 6.07) is 11.2. The van der Waals surface area contributed by atoms with Crippen LogP contribution in [0.5, 0.6) is 0 Å². The molecule has 0 saturated carbocycles. The maximum absolute atomic E-state index is 6.03. The van der Waals surface area contributed by atoms with Crippen molar-refractivity contribution < 1.29 is 8.85 Å². The lowest BCUT2D eigenvalue weighted by atomic mass is 10.0. The molecule has 4 heteroatoms. The summed E-state index contributed by atoms with van der Waals surface area (Å²) < 4.78 is 11.0. The van der Waals surface area contributed by atoms with Crippen molar-refractivity contribution in [3.8, 4) is 0 Å². The molecule has 0 heterocycles. The van der Waals surface area contributed by atoms with E-state index in [1.54, 1.807) is 14.2 Å². The molecule has 0 amide bonds. The van der Waals surface area contributed by atoms with E-state index in [1.807, 2.05) is 18.2 Å². The van der Waals surface area contributed by atoms with E-state index < -0.39 is 8.56 Å². The average Bonchev–Trinajstić information content (AvgIpc) is 2.36. The van der Waals surface area contributed by atoms with Gasteiger partial charge in [-0.15, -0.1) is 11.6 Å². The van der Waals surface area contributed by atoms with E-state index in [-0.39, 0.29) is 0 Å². The first-order chi connectivity index (χ1) is 7.65. The van der Waals surface area contributed by atoms with Crippen molar-refractivity contribution >= 4 is 20.2 Å². The molecule has 1 atom stereocenters. The van der Waals surface area contributed by atoms with Crippen molar-refractivity contribution in [2.75, 3.05) is 20.1 Å². The molecule has 1 rings (SSSR count). The fraction of sp³-hybridized carbons (Fsp3) is 0.500. The predicted octanol–water partition coefficient (Wildman–Crippen LogP) is 3.37. The molecule has 0 saturated heterocycles. The van der Waals surface area contributed by atoms with Crippen LogP contribution >= 0.6 is 11.6 Å². The highest BCUT2D eigenvalue weighted by molar-refractivity contribution is 6.66. The van der Waals surface area contributed by atoms with Gasteiger partial charge in [0, 0.05) is 20.1 Å².